The van der Waals surface area contributed by atoms with Crippen LogP contribution in [0, 0.1) is 0 Å². The van der Waals surface area contributed by atoms with Crippen molar-refractivity contribution < 1.29 is 18.8 Å². The molecule has 0 aliphatic carbocycles. The summed E-state index contributed by atoms with van der Waals surface area (Å²) in [4.78, 5) is 14.2. The Kier molecular flexibility index (Phi) is 5.37. The Labute approximate surface area is 185 Å². The second-order valence-corrected chi connectivity index (χ2v) is 10.6. The Bertz CT molecular complexity index is 955. The highest BCUT2D eigenvalue weighted by molar-refractivity contribution is 6.64. The Hall–Kier alpha value is -2.06. The molecule has 2 aliphatic rings. The second-order valence-electron chi connectivity index (χ2n) is 10.6. The van der Waals surface area contributed by atoms with E-state index < -0.39 is 23.9 Å². The summed E-state index contributed by atoms with van der Waals surface area (Å²) in [5, 5.41) is 6.04. The molecule has 8 heteroatoms. The molecule has 4 rings (SSSR count). The van der Waals surface area contributed by atoms with Crippen LogP contribution < -0.4 is 5.59 Å². The minimum Gasteiger partial charge on any atom is -0.444 e. The molecule has 0 radical (unpaired) electrons. The molecule has 3 heterocycles. The largest absolute Gasteiger partial charge is 0.517 e. The smallest absolute Gasteiger partial charge is 0.444 e. The number of likely N-dealkylation sites (tertiary alicyclic amines) is 1. The van der Waals surface area contributed by atoms with E-state index in [9.17, 15) is 4.79 Å². The van der Waals surface area contributed by atoms with Crippen LogP contribution in [0.3, 0.4) is 0 Å². The lowest BCUT2D eigenvalue weighted by Crippen LogP contribution is -2.42. The molecule has 0 spiro atoms. The summed E-state index contributed by atoms with van der Waals surface area (Å²) in [6.45, 7) is 15.2. The first-order chi connectivity index (χ1) is 14.4. The molecule has 1 aromatic carbocycles. The SMILES string of the molecule is CC(C)(C)OC(=O)N1CCC(n2nc(B3OC(C)(C)C(C)(C)O3)c3ccccc32)CC1. The topological polar surface area (TPSA) is 65.8 Å². The van der Waals surface area contributed by atoms with Gasteiger partial charge in [0.2, 0.25) is 0 Å². The van der Waals surface area contributed by atoms with Crippen molar-refractivity contribution in [1.29, 1.82) is 0 Å². The molecule has 0 bridgehead atoms. The molecule has 168 valence electrons. The van der Waals surface area contributed by atoms with Gasteiger partial charge in [0.1, 0.15) is 11.2 Å². The van der Waals surface area contributed by atoms with Crippen LogP contribution >= 0.6 is 0 Å². The Morgan fingerprint density at radius 2 is 1.68 bits per heavy atom. The number of fused-ring (bicyclic) bond motifs is 1. The summed E-state index contributed by atoms with van der Waals surface area (Å²) in [6.07, 6.45) is 1.41. The summed E-state index contributed by atoms with van der Waals surface area (Å²) in [7, 11) is -0.502. The highest BCUT2D eigenvalue weighted by atomic mass is 16.7. The van der Waals surface area contributed by atoms with Crippen molar-refractivity contribution in [3.05, 3.63) is 24.3 Å². The molecule has 31 heavy (non-hydrogen) atoms. The summed E-state index contributed by atoms with van der Waals surface area (Å²) in [6, 6.07) is 8.44. The molecule has 0 saturated carbocycles. The molecular weight excluding hydrogens is 393 g/mol. The molecule has 2 aliphatic heterocycles. The average Bonchev–Trinajstić information content (AvgIpc) is 3.15. The van der Waals surface area contributed by atoms with Gasteiger partial charge in [-0.1, -0.05) is 18.2 Å². The minimum absolute atomic E-state index is 0.208. The maximum absolute atomic E-state index is 12.4. The summed E-state index contributed by atoms with van der Waals surface area (Å²) < 4.78 is 20.2. The lowest BCUT2D eigenvalue weighted by Gasteiger charge is -2.33. The van der Waals surface area contributed by atoms with Crippen LogP contribution in [0.5, 0.6) is 0 Å². The van der Waals surface area contributed by atoms with Crippen molar-refractivity contribution in [2.75, 3.05) is 13.1 Å². The van der Waals surface area contributed by atoms with Crippen molar-refractivity contribution in [2.45, 2.75) is 84.2 Å². The fourth-order valence-corrected chi connectivity index (χ4v) is 4.14. The number of para-hydroxylation sites is 1. The fraction of sp³-hybridized carbons (Fsp3) is 0.652. The standard InChI is InChI=1S/C23H34BN3O4/c1-21(2,3)29-20(28)26-14-12-16(13-15-26)27-18-11-9-8-10-17(18)19(25-27)24-30-22(4,5)23(6,7)31-24/h8-11,16H,12-15H2,1-7H3. The lowest BCUT2D eigenvalue weighted by molar-refractivity contribution is 0.00578. The molecule has 0 atom stereocenters. The number of carbonyl (C=O) groups excluding carboxylic acids is 1. The van der Waals surface area contributed by atoms with Gasteiger partial charge in [0, 0.05) is 18.5 Å². The van der Waals surface area contributed by atoms with Gasteiger partial charge >= 0.3 is 13.2 Å². The number of benzene rings is 1. The number of hydrogen-bond donors (Lipinski definition) is 0. The van der Waals surface area contributed by atoms with Crippen LogP contribution in [0.2, 0.25) is 0 Å². The van der Waals surface area contributed by atoms with E-state index in [1.54, 1.807) is 4.90 Å². The van der Waals surface area contributed by atoms with Crippen molar-refractivity contribution in [3.8, 4) is 0 Å². The van der Waals surface area contributed by atoms with Crippen LogP contribution in [-0.4, -0.2) is 57.8 Å². The highest BCUT2D eigenvalue weighted by Crippen LogP contribution is 2.37. The first-order valence-corrected chi connectivity index (χ1v) is 11.2. The quantitative estimate of drug-likeness (QED) is 0.680. The van der Waals surface area contributed by atoms with Crippen LogP contribution in [0.4, 0.5) is 4.79 Å². The van der Waals surface area contributed by atoms with Gasteiger partial charge in [-0.15, -0.1) is 0 Å². The van der Waals surface area contributed by atoms with E-state index in [1.807, 2.05) is 32.9 Å². The zero-order valence-electron chi connectivity index (χ0n) is 19.8. The van der Waals surface area contributed by atoms with E-state index in [0.29, 0.717) is 13.1 Å². The van der Waals surface area contributed by atoms with Crippen LogP contribution in [0.25, 0.3) is 10.9 Å². The molecule has 7 nitrogen and oxygen atoms in total. The first kappa shape index (κ1) is 22.2. The number of nitrogens with zero attached hydrogens (tertiary/aromatic N) is 3. The Morgan fingerprint density at radius 3 is 2.26 bits per heavy atom. The van der Waals surface area contributed by atoms with Crippen LogP contribution in [0.1, 0.15) is 67.3 Å². The zero-order valence-corrected chi connectivity index (χ0v) is 19.8. The second kappa shape index (κ2) is 7.52. The third kappa shape index (κ3) is 4.20. The first-order valence-electron chi connectivity index (χ1n) is 11.2. The van der Waals surface area contributed by atoms with Gasteiger partial charge in [-0.3, -0.25) is 4.68 Å². The molecule has 2 saturated heterocycles. The number of hydrogen-bond acceptors (Lipinski definition) is 5. The molecular formula is C23H34BN3O4. The molecule has 1 aromatic heterocycles. The van der Waals surface area contributed by atoms with Crippen molar-refractivity contribution in [1.82, 2.24) is 14.7 Å². The van der Waals surface area contributed by atoms with Gasteiger partial charge < -0.3 is 18.9 Å². The summed E-state index contributed by atoms with van der Waals surface area (Å²) >= 11 is 0. The zero-order chi connectivity index (χ0) is 22.6. The van der Waals surface area contributed by atoms with E-state index in [2.05, 4.69) is 44.5 Å². The monoisotopic (exact) mass is 427 g/mol. The van der Waals surface area contributed by atoms with Gasteiger partial charge in [-0.25, -0.2) is 4.79 Å². The maximum atomic E-state index is 12.4. The third-order valence-corrected chi connectivity index (χ3v) is 6.58. The number of ether oxygens (including phenoxy) is 1. The lowest BCUT2D eigenvalue weighted by atomic mass is 9.82. The fourth-order valence-electron chi connectivity index (χ4n) is 4.14. The number of rotatable bonds is 2. The third-order valence-electron chi connectivity index (χ3n) is 6.58. The normalized spacial score (nSPS) is 21.6. The van der Waals surface area contributed by atoms with Gasteiger partial charge in [-0.2, -0.15) is 5.10 Å². The van der Waals surface area contributed by atoms with Crippen molar-refractivity contribution in [2.24, 2.45) is 0 Å². The predicted octanol–water partition coefficient (Wildman–Crippen LogP) is 3.91. The molecule has 0 unspecified atom stereocenters. The maximum Gasteiger partial charge on any atom is 0.517 e. The van der Waals surface area contributed by atoms with Gasteiger partial charge in [-0.05, 0) is 67.4 Å². The number of carbonyl (C=O) groups is 1. The molecule has 2 fully saturated rings. The van der Waals surface area contributed by atoms with E-state index in [1.165, 1.54) is 0 Å². The van der Waals surface area contributed by atoms with E-state index >= 15 is 0 Å². The van der Waals surface area contributed by atoms with Crippen LogP contribution in [-0.2, 0) is 14.0 Å². The van der Waals surface area contributed by atoms with Crippen LogP contribution in [0.15, 0.2) is 24.3 Å². The van der Waals surface area contributed by atoms with Gasteiger partial charge in [0.05, 0.1) is 22.8 Å². The van der Waals surface area contributed by atoms with E-state index in [4.69, 9.17) is 19.1 Å². The Balaban J connectivity index is 1.56. The highest BCUT2D eigenvalue weighted by Gasteiger charge is 2.53. The van der Waals surface area contributed by atoms with E-state index in [0.717, 1.165) is 29.3 Å². The summed E-state index contributed by atoms with van der Waals surface area (Å²) in [5.41, 5.74) is 0.582. The van der Waals surface area contributed by atoms with Crippen molar-refractivity contribution >= 4 is 29.7 Å². The predicted molar refractivity (Wildman–Crippen MR) is 122 cm³/mol. The number of piperidine rings is 1. The number of amides is 1. The molecule has 0 N–H and O–H groups in total. The minimum atomic E-state index is -0.502. The van der Waals surface area contributed by atoms with E-state index in [-0.39, 0.29) is 12.1 Å². The number of aromatic nitrogens is 2. The Morgan fingerprint density at radius 1 is 1.10 bits per heavy atom. The van der Waals surface area contributed by atoms with Crippen molar-refractivity contribution in [3.63, 3.8) is 0 Å². The molecule has 1 amide bonds. The average molecular weight is 427 g/mol. The van der Waals surface area contributed by atoms with Gasteiger partial charge in [0.15, 0.2) is 0 Å². The molecule has 2 aromatic rings. The van der Waals surface area contributed by atoms with Gasteiger partial charge in [0.25, 0.3) is 0 Å². The summed E-state index contributed by atoms with van der Waals surface area (Å²) in [5.74, 6) is 0.